The smallest absolute Gasteiger partial charge is 0.186 e. The van der Waals surface area contributed by atoms with Gasteiger partial charge in [-0.3, -0.25) is 0 Å². The maximum atomic E-state index is 10.1. The molecule has 10 nitrogen and oxygen atoms in total. The van der Waals surface area contributed by atoms with Gasteiger partial charge < -0.3 is 49.6 Å². The van der Waals surface area contributed by atoms with Crippen LogP contribution in [-0.4, -0.2) is 106 Å². The SMILES string of the molecule is CCCCCCO[C@H]1O[C@@H](CO[C@@H]2OC[C@@H](O)[C@@H](O)[C@@H]2O)[C@H](O)[C@@H](O)[C@@H]1O. The number of ether oxygens (including phenoxy) is 4. The lowest BCUT2D eigenvalue weighted by molar-refractivity contribution is -0.320. The number of hydrogen-bond donors (Lipinski definition) is 6. The zero-order chi connectivity index (χ0) is 20.0. The van der Waals surface area contributed by atoms with Crippen LogP contribution in [0.15, 0.2) is 0 Å². The van der Waals surface area contributed by atoms with E-state index in [1.807, 2.05) is 0 Å². The molecule has 2 rings (SSSR count). The van der Waals surface area contributed by atoms with Crippen LogP contribution < -0.4 is 0 Å². The van der Waals surface area contributed by atoms with E-state index in [1.54, 1.807) is 0 Å². The molecule has 2 aliphatic rings. The molecule has 0 aromatic heterocycles. The Morgan fingerprint density at radius 2 is 1.48 bits per heavy atom. The normalized spacial score (nSPS) is 43.0. The van der Waals surface area contributed by atoms with Gasteiger partial charge >= 0.3 is 0 Å². The monoisotopic (exact) mass is 396 g/mol. The summed E-state index contributed by atoms with van der Waals surface area (Å²) >= 11 is 0. The third kappa shape index (κ3) is 6.04. The van der Waals surface area contributed by atoms with Crippen molar-refractivity contribution in [1.29, 1.82) is 0 Å². The van der Waals surface area contributed by atoms with Crippen molar-refractivity contribution in [3.05, 3.63) is 0 Å². The molecule has 2 heterocycles. The summed E-state index contributed by atoms with van der Waals surface area (Å²) in [4.78, 5) is 0. The van der Waals surface area contributed by atoms with E-state index in [0.29, 0.717) is 6.61 Å². The van der Waals surface area contributed by atoms with E-state index in [2.05, 4.69) is 6.92 Å². The van der Waals surface area contributed by atoms with E-state index in [-0.39, 0.29) is 13.2 Å². The van der Waals surface area contributed by atoms with Gasteiger partial charge in [-0.1, -0.05) is 26.2 Å². The van der Waals surface area contributed by atoms with Gasteiger partial charge in [0.05, 0.1) is 13.2 Å². The second-order valence-electron chi connectivity index (χ2n) is 7.03. The fourth-order valence-electron chi connectivity index (χ4n) is 3.04. The molecule has 0 aromatic rings. The highest BCUT2D eigenvalue weighted by Crippen LogP contribution is 2.24. The summed E-state index contributed by atoms with van der Waals surface area (Å²) in [5, 5.41) is 59.1. The van der Waals surface area contributed by atoms with Crippen molar-refractivity contribution in [3.63, 3.8) is 0 Å². The van der Waals surface area contributed by atoms with Crippen LogP contribution in [0.3, 0.4) is 0 Å². The summed E-state index contributed by atoms with van der Waals surface area (Å²) < 4.78 is 21.4. The van der Waals surface area contributed by atoms with Gasteiger partial charge in [0.15, 0.2) is 12.6 Å². The van der Waals surface area contributed by atoms with E-state index < -0.39 is 55.3 Å². The van der Waals surface area contributed by atoms with Crippen LogP contribution in [0.2, 0.25) is 0 Å². The summed E-state index contributed by atoms with van der Waals surface area (Å²) in [5.74, 6) is 0. The minimum Gasteiger partial charge on any atom is -0.388 e. The predicted molar refractivity (Wildman–Crippen MR) is 90.5 cm³/mol. The van der Waals surface area contributed by atoms with E-state index in [4.69, 9.17) is 18.9 Å². The van der Waals surface area contributed by atoms with E-state index >= 15 is 0 Å². The maximum absolute atomic E-state index is 10.1. The maximum Gasteiger partial charge on any atom is 0.186 e. The first-order chi connectivity index (χ1) is 12.9. The first-order valence-electron chi connectivity index (χ1n) is 9.45. The zero-order valence-electron chi connectivity index (χ0n) is 15.5. The van der Waals surface area contributed by atoms with Gasteiger partial charge in [0, 0.05) is 6.61 Å². The lowest BCUT2D eigenvalue weighted by Gasteiger charge is -2.41. The fraction of sp³-hybridized carbons (Fsp3) is 1.00. The molecule has 0 radical (unpaired) electrons. The molecular formula is C17H32O10. The summed E-state index contributed by atoms with van der Waals surface area (Å²) in [7, 11) is 0. The first kappa shape index (κ1) is 22.9. The molecule has 6 N–H and O–H groups in total. The van der Waals surface area contributed by atoms with Crippen LogP contribution >= 0.6 is 0 Å². The minimum atomic E-state index is -1.49. The molecule has 27 heavy (non-hydrogen) atoms. The second kappa shape index (κ2) is 11.0. The van der Waals surface area contributed by atoms with Crippen molar-refractivity contribution in [2.24, 2.45) is 0 Å². The molecule has 0 unspecified atom stereocenters. The van der Waals surface area contributed by atoms with Crippen molar-refractivity contribution >= 4 is 0 Å². The predicted octanol–water partition coefficient (Wildman–Crippen LogP) is -2.15. The molecule has 0 spiro atoms. The van der Waals surface area contributed by atoms with Crippen molar-refractivity contribution in [2.45, 2.75) is 87.9 Å². The topological polar surface area (TPSA) is 158 Å². The van der Waals surface area contributed by atoms with Crippen molar-refractivity contribution < 1.29 is 49.6 Å². The molecule has 9 atom stereocenters. The third-order valence-electron chi connectivity index (χ3n) is 4.83. The average Bonchev–Trinajstić information content (AvgIpc) is 2.66. The van der Waals surface area contributed by atoms with Gasteiger partial charge in [-0.25, -0.2) is 0 Å². The Bertz CT molecular complexity index is 425. The number of aliphatic hydroxyl groups is 6. The summed E-state index contributed by atoms with van der Waals surface area (Å²) in [6.45, 7) is 1.92. The second-order valence-corrected chi connectivity index (χ2v) is 7.03. The van der Waals surface area contributed by atoms with Crippen LogP contribution in [0.1, 0.15) is 32.6 Å². The van der Waals surface area contributed by atoms with Crippen LogP contribution in [0.25, 0.3) is 0 Å². The Balaban J connectivity index is 1.83. The molecular weight excluding hydrogens is 364 g/mol. The van der Waals surface area contributed by atoms with E-state index in [9.17, 15) is 30.6 Å². The van der Waals surface area contributed by atoms with Crippen LogP contribution in [0, 0.1) is 0 Å². The molecule has 2 saturated heterocycles. The van der Waals surface area contributed by atoms with Crippen LogP contribution in [-0.2, 0) is 18.9 Å². The van der Waals surface area contributed by atoms with Crippen molar-refractivity contribution in [3.8, 4) is 0 Å². The fourth-order valence-corrected chi connectivity index (χ4v) is 3.04. The van der Waals surface area contributed by atoms with Gasteiger partial charge in [-0.15, -0.1) is 0 Å². The molecule has 2 aliphatic heterocycles. The molecule has 0 saturated carbocycles. The Morgan fingerprint density at radius 3 is 2.19 bits per heavy atom. The quantitative estimate of drug-likeness (QED) is 0.237. The molecule has 0 amide bonds. The largest absolute Gasteiger partial charge is 0.388 e. The highest BCUT2D eigenvalue weighted by Gasteiger charge is 2.45. The van der Waals surface area contributed by atoms with Gasteiger partial charge in [-0.2, -0.15) is 0 Å². The average molecular weight is 396 g/mol. The molecule has 0 aliphatic carbocycles. The lowest BCUT2D eigenvalue weighted by atomic mass is 9.99. The highest BCUT2D eigenvalue weighted by atomic mass is 16.7. The summed E-state index contributed by atoms with van der Waals surface area (Å²) in [6.07, 6.45) is -7.94. The number of unbranched alkanes of at least 4 members (excludes halogenated alkanes) is 3. The summed E-state index contributed by atoms with van der Waals surface area (Å²) in [5.41, 5.74) is 0. The number of hydrogen-bond acceptors (Lipinski definition) is 10. The Morgan fingerprint density at radius 1 is 0.778 bits per heavy atom. The summed E-state index contributed by atoms with van der Waals surface area (Å²) in [6, 6.07) is 0. The zero-order valence-corrected chi connectivity index (χ0v) is 15.5. The van der Waals surface area contributed by atoms with E-state index in [0.717, 1.165) is 25.7 Å². The lowest BCUT2D eigenvalue weighted by Crippen LogP contribution is -2.60. The standard InChI is InChI=1S/C17H32O10/c1-2-3-4-5-6-24-17-15(23)13(21)12(20)10(27-17)8-26-16-14(22)11(19)9(18)7-25-16/h9-23H,2-8H2,1H3/t9-,10+,11-,12+,13-,14+,15+,16+,17+/m1/s1. The highest BCUT2D eigenvalue weighted by molar-refractivity contribution is 4.90. The minimum absolute atomic E-state index is 0.220. The first-order valence-corrected chi connectivity index (χ1v) is 9.45. The number of rotatable bonds is 9. The van der Waals surface area contributed by atoms with Crippen LogP contribution in [0.5, 0.6) is 0 Å². The number of aliphatic hydroxyl groups excluding tert-OH is 6. The molecule has 10 heteroatoms. The van der Waals surface area contributed by atoms with Gasteiger partial charge in [0.25, 0.3) is 0 Å². The molecule has 160 valence electrons. The van der Waals surface area contributed by atoms with Gasteiger partial charge in [0.2, 0.25) is 0 Å². The molecule has 0 aromatic carbocycles. The van der Waals surface area contributed by atoms with Crippen molar-refractivity contribution in [1.82, 2.24) is 0 Å². The van der Waals surface area contributed by atoms with Crippen molar-refractivity contribution in [2.75, 3.05) is 19.8 Å². The van der Waals surface area contributed by atoms with Crippen LogP contribution in [0.4, 0.5) is 0 Å². The Labute approximate surface area is 158 Å². The van der Waals surface area contributed by atoms with E-state index in [1.165, 1.54) is 0 Å². The van der Waals surface area contributed by atoms with Gasteiger partial charge in [-0.05, 0) is 6.42 Å². The Hall–Kier alpha value is -0.400. The Kier molecular flexibility index (Phi) is 9.29. The molecule has 2 fully saturated rings. The van der Waals surface area contributed by atoms with Gasteiger partial charge in [0.1, 0.15) is 42.7 Å². The third-order valence-corrected chi connectivity index (χ3v) is 4.83. The molecule has 0 bridgehead atoms.